The van der Waals surface area contributed by atoms with E-state index in [1.54, 1.807) is 12.1 Å². The SMILES string of the molecule is C=CCNc1cc(Cl)nc(CC)n1. The highest BCUT2D eigenvalue weighted by Gasteiger charge is 1.99. The number of nitrogens with zero attached hydrogens (tertiary/aromatic N) is 2. The highest BCUT2D eigenvalue weighted by atomic mass is 35.5. The molecule has 0 radical (unpaired) electrons. The maximum absolute atomic E-state index is 5.79. The fourth-order valence-corrected chi connectivity index (χ4v) is 1.09. The highest BCUT2D eigenvalue weighted by Crippen LogP contribution is 2.11. The molecule has 0 aliphatic heterocycles. The van der Waals surface area contributed by atoms with Crippen molar-refractivity contribution in [1.82, 2.24) is 9.97 Å². The number of nitrogens with one attached hydrogen (secondary N) is 1. The van der Waals surface area contributed by atoms with Crippen molar-refractivity contribution in [3.63, 3.8) is 0 Å². The maximum atomic E-state index is 5.79. The van der Waals surface area contributed by atoms with E-state index in [-0.39, 0.29) is 0 Å². The van der Waals surface area contributed by atoms with Crippen LogP contribution in [0.5, 0.6) is 0 Å². The summed E-state index contributed by atoms with van der Waals surface area (Å²) < 4.78 is 0. The number of hydrogen-bond donors (Lipinski definition) is 1. The molecule has 0 saturated carbocycles. The Morgan fingerprint density at radius 2 is 2.38 bits per heavy atom. The molecule has 0 spiro atoms. The molecular weight excluding hydrogens is 186 g/mol. The van der Waals surface area contributed by atoms with Gasteiger partial charge in [0.2, 0.25) is 0 Å². The van der Waals surface area contributed by atoms with Gasteiger partial charge in [0.1, 0.15) is 16.8 Å². The van der Waals surface area contributed by atoms with Gasteiger partial charge in [-0.2, -0.15) is 0 Å². The van der Waals surface area contributed by atoms with Crippen LogP contribution in [0.1, 0.15) is 12.7 Å². The van der Waals surface area contributed by atoms with Crippen LogP contribution in [0.15, 0.2) is 18.7 Å². The number of aromatic nitrogens is 2. The summed E-state index contributed by atoms with van der Waals surface area (Å²) in [6, 6.07) is 1.70. The summed E-state index contributed by atoms with van der Waals surface area (Å²) in [6.07, 6.45) is 2.55. The Balaban J connectivity index is 2.81. The predicted molar refractivity (Wildman–Crippen MR) is 55.1 cm³/mol. The van der Waals surface area contributed by atoms with E-state index in [0.717, 1.165) is 18.1 Å². The Morgan fingerprint density at radius 1 is 1.62 bits per heavy atom. The second-order valence-corrected chi connectivity index (χ2v) is 2.90. The molecule has 1 aromatic heterocycles. The predicted octanol–water partition coefficient (Wildman–Crippen LogP) is 2.29. The van der Waals surface area contributed by atoms with Crippen LogP contribution < -0.4 is 5.32 Å². The monoisotopic (exact) mass is 197 g/mol. The number of aryl methyl sites for hydroxylation is 1. The summed E-state index contributed by atoms with van der Waals surface area (Å²) in [6.45, 7) is 6.27. The van der Waals surface area contributed by atoms with Crippen molar-refractivity contribution in [2.45, 2.75) is 13.3 Å². The normalized spacial score (nSPS) is 9.69. The number of rotatable bonds is 4. The van der Waals surface area contributed by atoms with Crippen molar-refractivity contribution in [3.8, 4) is 0 Å². The molecule has 4 heteroatoms. The van der Waals surface area contributed by atoms with Crippen molar-refractivity contribution in [2.75, 3.05) is 11.9 Å². The minimum absolute atomic E-state index is 0.471. The Kier molecular flexibility index (Phi) is 3.71. The van der Waals surface area contributed by atoms with Gasteiger partial charge in [-0.3, -0.25) is 0 Å². The minimum atomic E-state index is 0.471. The second-order valence-electron chi connectivity index (χ2n) is 2.52. The van der Waals surface area contributed by atoms with Crippen molar-refractivity contribution >= 4 is 17.4 Å². The molecule has 1 heterocycles. The lowest BCUT2D eigenvalue weighted by atomic mass is 10.4. The molecule has 0 bridgehead atoms. The van der Waals surface area contributed by atoms with Crippen molar-refractivity contribution < 1.29 is 0 Å². The fourth-order valence-electron chi connectivity index (χ4n) is 0.890. The zero-order chi connectivity index (χ0) is 9.68. The van der Waals surface area contributed by atoms with E-state index in [9.17, 15) is 0 Å². The fraction of sp³-hybridized carbons (Fsp3) is 0.333. The summed E-state index contributed by atoms with van der Waals surface area (Å²) in [4.78, 5) is 8.28. The molecule has 0 aliphatic rings. The molecule has 0 aliphatic carbocycles. The summed E-state index contributed by atoms with van der Waals surface area (Å²) in [5.74, 6) is 1.50. The van der Waals surface area contributed by atoms with Gasteiger partial charge in [-0.1, -0.05) is 24.6 Å². The average Bonchev–Trinajstić information content (AvgIpc) is 2.14. The zero-order valence-electron chi connectivity index (χ0n) is 7.55. The van der Waals surface area contributed by atoms with Crippen molar-refractivity contribution in [1.29, 1.82) is 0 Å². The van der Waals surface area contributed by atoms with Gasteiger partial charge in [-0.25, -0.2) is 9.97 Å². The first-order valence-electron chi connectivity index (χ1n) is 4.14. The Labute approximate surface area is 82.9 Å². The van der Waals surface area contributed by atoms with Crippen LogP contribution >= 0.6 is 11.6 Å². The van der Waals surface area contributed by atoms with E-state index in [4.69, 9.17) is 11.6 Å². The van der Waals surface area contributed by atoms with Crippen LogP contribution in [-0.4, -0.2) is 16.5 Å². The Hall–Kier alpha value is -1.09. The molecule has 0 unspecified atom stereocenters. The van der Waals surface area contributed by atoms with Gasteiger partial charge in [0.25, 0.3) is 0 Å². The zero-order valence-corrected chi connectivity index (χ0v) is 8.30. The largest absolute Gasteiger partial charge is 0.366 e. The van der Waals surface area contributed by atoms with Gasteiger partial charge in [-0.15, -0.1) is 6.58 Å². The maximum Gasteiger partial charge on any atom is 0.134 e. The number of anilines is 1. The van der Waals surface area contributed by atoms with E-state index in [1.807, 2.05) is 6.92 Å². The third-order valence-electron chi connectivity index (χ3n) is 1.48. The van der Waals surface area contributed by atoms with Gasteiger partial charge in [-0.05, 0) is 0 Å². The van der Waals surface area contributed by atoms with Crippen LogP contribution in [0.4, 0.5) is 5.82 Å². The van der Waals surface area contributed by atoms with Crippen LogP contribution in [-0.2, 0) is 6.42 Å². The topological polar surface area (TPSA) is 37.8 Å². The van der Waals surface area contributed by atoms with Gasteiger partial charge in [0, 0.05) is 19.0 Å². The molecule has 13 heavy (non-hydrogen) atoms. The molecular formula is C9H12ClN3. The summed E-state index contributed by atoms with van der Waals surface area (Å²) in [7, 11) is 0. The summed E-state index contributed by atoms with van der Waals surface area (Å²) in [5, 5.41) is 3.53. The molecule has 3 nitrogen and oxygen atoms in total. The molecule has 1 N–H and O–H groups in total. The van der Waals surface area contributed by atoms with Crippen LogP contribution in [0.25, 0.3) is 0 Å². The number of hydrogen-bond acceptors (Lipinski definition) is 3. The van der Waals surface area contributed by atoms with Crippen LogP contribution in [0.3, 0.4) is 0 Å². The summed E-state index contributed by atoms with van der Waals surface area (Å²) in [5.41, 5.74) is 0. The Bertz CT molecular complexity index is 299. The Morgan fingerprint density at radius 3 is 3.00 bits per heavy atom. The number of halogens is 1. The smallest absolute Gasteiger partial charge is 0.134 e. The standard InChI is InChI=1S/C9H12ClN3/c1-3-5-11-9-6-7(10)12-8(4-2)13-9/h3,6H,1,4-5H2,2H3,(H,11,12,13). The third kappa shape index (κ3) is 3.03. The first-order valence-corrected chi connectivity index (χ1v) is 4.52. The second kappa shape index (κ2) is 4.82. The first-order chi connectivity index (χ1) is 6.26. The van der Waals surface area contributed by atoms with Gasteiger partial charge in [0.15, 0.2) is 0 Å². The van der Waals surface area contributed by atoms with E-state index in [0.29, 0.717) is 11.7 Å². The minimum Gasteiger partial charge on any atom is -0.366 e. The van der Waals surface area contributed by atoms with Gasteiger partial charge < -0.3 is 5.32 Å². The lowest BCUT2D eigenvalue weighted by Gasteiger charge is -2.04. The molecule has 0 atom stereocenters. The van der Waals surface area contributed by atoms with E-state index < -0.39 is 0 Å². The molecule has 70 valence electrons. The lowest BCUT2D eigenvalue weighted by molar-refractivity contribution is 0.939. The van der Waals surface area contributed by atoms with Crippen LogP contribution in [0, 0.1) is 0 Å². The summed E-state index contributed by atoms with van der Waals surface area (Å²) >= 11 is 5.79. The molecule has 0 saturated heterocycles. The van der Waals surface area contributed by atoms with E-state index >= 15 is 0 Å². The molecule has 1 rings (SSSR count). The van der Waals surface area contributed by atoms with Gasteiger partial charge >= 0.3 is 0 Å². The van der Waals surface area contributed by atoms with E-state index in [2.05, 4.69) is 21.9 Å². The van der Waals surface area contributed by atoms with E-state index in [1.165, 1.54) is 0 Å². The van der Waals surface area contributed by atoms with Crippen LogP contribution in [0.2, 0.25) is 5.15 Å². The molecule has 0 fully saturated rings. The average molecular weight is 198 g/mol. The highest BCUT2D eigenvalue weighted by molar-refractivity contribution is 6.29. The van der Waals surface area contributed by atoms with Gasteiger partial charge in [0.05, 0.1) is 0 Å². The first kappa shape index (κ1) is 9.99. The van der Waals surface area contributed by atoms with Crippen molar-refractivity contribution in [2.24, 2.45) is 0 Å². The third-order valence-corrected chi connectivity index (χ3v) is 1.68. The molecule has 1 aromatic rings. The molecule has 0 aromatic carbocycles. The van der Waals surface area contributed by atoms with Crippen molar-refractivity contribution in [3.05, 3.63) is 29.7 Å². The lowest BCUT2D eigenvalue weighted by Crippen LogP contribution is -2.03. The quantitative estimate of drug-likeness (QED) is 0.595. The molecule has 0 amide bonds.